The van der Waals surface area contributed by atoms with Gasteiger partial charge in [-0.1, -0.05) is 31.8 Å². The van der Waals surface area contributed by atoms with E-state index >= 15 is 0 Å². The molecule has 11 heteroatoms. The van der Waals surface area contributed by atoms with Crippen molar-refractivity contribution >= 4 is 26.7 Å². The van der Waals surface area contributed by atoms with Gasteiger partial charge >= 0.3 is 5.69 Å². The van der Waals surface area contributed by atoms with Crippen LogP contribution in [-0.2, 0) is 30.5 Å². The summed E-state index contributed by atoms with van der Waals surface area (Å²) in [6, 6.07) is 7.77. The third-order valence-corrected chi connectivity index (χ3v) is 8.75. The van der Waals surface area contributed by atoms with Gasteiger partial charge in [0.25, 0.3) is 5.56 Å². The smallest absolute Gasteiger partial charge is 0.333 e. The molecule has 1 fully saturated rings. The molecule has 1 aliphatic carbocycles. The summed E-state index contributed by atoms with van der Waals surface area (Å²) in [5, 5.41) is 3.27. The van der Waals surface area contributed by atoms with Gasteiger partial charge < -0.3 is 14.8 Å². The Labute approximate surface area is 229 Å². The van der Waals surface area contributed by atoms with Crippen LogP contribution >= 0.6 is 0 Å². The summed E-state index contributed by atoms with van der Waals surface area (Å²) in [5.41, 5.74) is 0.670. The number of rotatable bonds is 12. The van der Waals surface area contributed by atoms with Crippen LogP contribution in [0.2, 0.25) is 0 Å². The Morgan fingerprint density at radius 2 is 1.79 bits per heavy atom. The van der Waals surface area contributed by atoms with E-state index in [-0.39, 0.29) is 34.5 Å². The molecular formula is C28H38N6O4S. The minimum Gasteiger partial charge on any atom is -0.384 e. The second-order valence-electron chi connectivity index (χ2n) is 10.2. The second-order valence-corrected chi connectivity index (χ2v) is 12.2. The summed E-state index contributed by atoms with van der Waals surface area (Å²) < 4.78 is 29.4. The Morgan fingerprint density at radius 3 is 2.46 bits per heavy atom. The first-order chi connectivity index (χ1) is 18.7. The van der Waals surface area contributed by atoms with E-state index in [0.717, 1.165) is 67.7 Å². The molecule has 0 radical (unpaired) electrons. The number of hydrogen-bond donors (Lipinski definition) is 1. The SMILES string of the molecule is CCCN(CCC)CCNc1cccc(C#CCn2c(=O)n(C)c(=O)c3c2nc(S(=O)(=O)CC2CC2)n3C)c1. The summed E-state index contributed by atoms with van der Waals surface area (Å²) in [4.78, 5) is 32.6. The van der Waals surface area contributed by atoms with Crippen LogP contribution in [0.3, 0.4) is 0 Å². The van der Waals surface area contributed by atoms with Crippen LogP contribution in [-0.4, -0.2) is 63.9 Å². The Morgan fingerprint density at radius 1 is 1.08 bits per heavy atom. The highest BCUT2D eigenvalue weighted by Crippen LogP contribution is 2.32. The number of aromatic nitrogens is 4. The minimum atomic E-state index is -3.69. The maximum atomic E-state index is 13.0. The fourth-order valence-electron chi connectivity index (χ4n) is 4.75. The second kappa shape index (κ2) is 12.2. The lowest BCUT2D eigenvalue weighted by Gasteiger charge is -2.21. The van der Waals surface area contributed by atoms with Gasteiger partial charge in [0.05, 0.1) is 12.3 Å². The van der Waals surface area contributed by atoms with Crippen LogP contribution in [0.4, 0.5) is 5.69 Å². The highest BCUT2D eigenvalue weighted by Gasteiger charge is 2.33. The average molecular weight is 555 g/mol. The molecule has 0 atom stereocenters. The van der Waals surface area contributed by atoms with Crippen molar-refractivity contribution in [3.8, 4) is 11.8 Å². The van der Waals surface area contributed by atoms with Crippen LogP contribution < -0.4 is 16.6 Å². The van der Waals surface area contributed by atoms with E-state index in [1.807, 2.05) is 24.3 Å². The molecule has 0 amide bonds. The molecule has 4 rings (SSSR count). The molecule has 0 aliphatic heterocycles. The molecule has 1 aromatic carbocycles. The Balaban J connectivity index is 1.56. The molecule has 10 nitrogen and oxygen atoms in total. The van der Waals surface area contributed by atoms with Crippen molar-refractivity contribution in [2.24, 2.45) is 20.0 Å². The molecule has 1 N–H and O–H groups in total. The zero-order valence-electron chi connectivity index (χ0n) is 23.2. The van der Waals surface area contributed by atoms with E-state index in [1.165, 1.54) is 23.2 Å². The third-order valence-electron chi connectivity index (χ3n) is 6.92. The number of imidazole rings is 1. The summed E-state index contributed by atoms with van der Waals surface area (Å²) in [5.74, 6) is 6.21. The normalized spacial score (nSPS) is 13.6. The zero-order valence-corrected chi connectivity index (χ0v) is 24.1. The van der Waals surface area contributed by atoms with Gasteiger partial charge in [0.15, 0.2) is 11.2 Å². The number of aryl methyl sites for hydroxylation is 1. The quantitative estimate of drug-likeness (QED) is 0.342. The van der Waals surface area contributed by atoms with E-state index < -0.39 is 21.1 Å². The van der Waals surface area contributed by atoms with Crippen LogP contribution in [0.25, 0.3) is 11.2 Å². The van der Waals surface area contributed by atoms with Crippen LogP contribution in [0.15, 0.2) is 39.0 Å². The number of nitrogens with one attached hydrogen (secondary N) is 1. The van der Waals surface area contributed by atoms with Gasteiger partial charge in [0, 0.05) is 38.4 Å². The Kier molecular flexibility index (Phi) is 8.97. The molecule has 1 saturated carbocycles. The fourth-order valence-corrected chi connectivity index (χ4v) is 6.59. The molecule has 0 spiro atoms. The van der Waals surface area contributed by atoms with E-state index in [0.29, 0.717) is 0 Å². The monoisotopic (exact) mass is 554 g/mol. The summed E-state index contributed by atoms with van der Waals surface area (Å²) >= 11 is 0. The highest BCUT2D eigenvalue weighted by atomic mass is 32.2. The van der Waals surface area contributed by atoms with Gasteiger partial charge in [-0.3, -0.25) is 13.9 Å². The molecule has 0 saturated heterocycles. The van der Waals surface area contributed by atoms with Crippen molar-refractivity contribution in [1.82, 2.24) is 23.6 Å². The Hall–Kier alpha value is -3.36. The zero-order chi connectivity index (χ0) is 28.2. The average Bonchev–Trinajstić information content (AvgIpc) is 3.63. The lowest BCUT2D eigenvalue weighted by Crippen LogP contribution is -2.38. The van der Waals surface area contributed by atoms with Crippen LogP contribution in [0.1, 0.15) is 45.1 Å². The molecule has 210 valence electrons. The number of benzene rings is 1. The van der Waals surface area contributed by atoms with Crippen molar-refractivity contribution in [3.05, 3.63) is 50.7 Å². The van der Waals surface area contributed by atoms with Gasteiger partial charge in [-0.2, -0.15) is 4.98 Å². The van der Waals surface area contributed by atoms with E-state index in [9.17, 15) is 18.0 Å². The lowest BCUT2D eigenvalue weighted by atomic mass is 10.2. The van der Waals surface area contributed by atoms with Gasteiger partial charge in [-0.25, -0.2) is 13.2 Å². The van der Waals surface area contributed by atoms with Gasteiger partial charge in [-0.05, 0) is 62.9 Å². The molecule has 0 unspecified atom stereocenters. The maximum Gasteiger partial charge on any atom is 0.333 e. The fraction of sp³-hybridized carbons (Fsp3) is 0.536. The first kappa shape index (κ1) is 28.6. The standard InChI is InChI=1S/C28H38N6O4S/c1-5-15-33(16-6-2)18-14-29-23-11-7-9-21(19-23)10-8-17-34-25-24(26(35)32(4)28(34)36)31(3)27(30-25)39(37,38)20-22-12-13-22/h7,9,11,19,22,29H,5-6,12-18,20H2,1-4H3. The van der Waals surface area contributed by atoms with E-state index in [1.54, 1.807) is 0 Å². The number of anilines is 1. The first-order valence-corrected chi connectivity index (χ1v) is 15.3. The topological polar surface area (TPSA) is 111 Å². The predicted octanol–water partition coefficient (Wildman–Crippen LogP) is 2.20. The van der Waals surface area contributed by atoms with Crippen LogP contribution in [0.5, 0.6) is 0 Å². The molecule has 3 aromatic rings. The largest absolute Gasteiger partial charge is 0.384 e. The minimum absolute atomic E-state index is 0.00582. The van der Waals surface area contributed by atoms with Crippen molar-refractivity contribution in [1.29, 1.82) is 0 Å². The maximum absolute atomic E-state index is 13.0. The van der Waals surface area contributed by atoms with Crippen molar-refractivity contribution in [3.63, 3.8) is 0 Å². The molecule has 0 bridgehead atoms. The van der Waals surface area contributed by atoms with Gasteiger partial charge in [0.1, 0.15) is 0 Å². The lowest BCUT2D eigenvalue weighted by molar-refractivity contribution is 0.285. The molecule has 1 aliphatic rings. The van der Waals surface area contributed by atoms with Gasteiger partial charge in [0.2, 0.25) is 15.0 Å². The Bertz CT molecular complexity index is 1610. The third kappa shape index (κ3) is 6.62. The van der Waals surface area contributed by atoms with E-state index in [2.05, 4.69) is 40.9 Å². The number of sulfone groups is 1. The molecule has 2 heterocycles. The van der Waals surface area contributed by atoms with Crippen LogP contribution in [0, 0.1) is 17.8 Å². The summed E-state index contributed by atoms with van der Waals surface area (Å²) in [6.45, 7) is 8.31. The van der Waals surface area contributed by atoms with Crippen molar-refractivity contribution in [2.75, 3.05) is 37.2 Å². The first-order valence-electron chi connectivity index (χ1n) is 13.6. The number of hydrogen-bond acceptors (Lipinski definition) is 7. The van der Waals surface area contributed by atoms with E-state index in [4.69, 9.17) is 0 Å². The summed E-state index contributed by atoms with van der Waals surface area (Å²) in [6.07, 6.45) is 4.01. The van der Waals surface area contributed by atoms with Crippen molar-refractivity contribution in [2.45, 2.75) is 51.2 Å². The summed E-state index contributed by atoms with van der Waals surface area (Å²) in [7, 11) is -0.824. The van der Waals surface area contributed by atoms with Crippen molar-refractivity contribution < 1.29 is 8.42 Å². The predicted molar refractivity (Wildman–Crippen MR) is 154 cm³/mol. The molecule has 39 heavy (non-hydrogen) atoms. The molecular weight excluding hydrogens is 516 g/mol. The van der Waals surface area contributed by atoms with Gasteiger partial charge in [-0.15, -0.1) is 0 Å². The number of nitrogens with zero attached hydrogens (tertiary/aromatic N) is 5. The number of fused-ring (bicyclic) bond motifs is 1. The highest BCUT2D eigenvalue weighted by molar-refractivity contribution is 7.91. The molecule has 2 aromatic heterocycles.